The van der Waals surface area contributed by atoms with Gasteiger partial charge in [-0.1, -0.05) is 12.1 Å². The van der Waals surface area contributed by atoms with E-state index < -0.39 is 5.41 Å². The van der Waals surface area contributed by atoms with E-state index in [9.17, 15) is 14.4 Å². The number of ether oxygens (including phenoxy) is 1. The van der Waals surface area contributed by atoms with E-state index in [4.69, 9.17) is 9.72 Å². The van der Waals surface area contributed by atoms with Crippen LogP contribution in [0.2, 0.25) is 0 Å². The van der Waals surface area contributed by atoms with Crippen molar-refractivity contribution in [2.24, 2.45) is 5.41 Å². The lowest BCUT2D eigenvalue weighted by atomic mass is 9.97. The van der Waals surface area contributed by atoms with Gasteiger partial charge in [0, 0.05) is 48.0 Å². The van der Waals surface area contributed by atoms with Crippen LogP contribution in [0.5, 0.6) is 0 Å². The molecule has 4 rings (SSSR count). The first-order valence-electron chi connectivity index (χ1n) is 13.0. The van der Waals surface area contributed by atoms with Crippen LogP contribution in [0.3, 0.4) is 0 Å². The molecule has 10 nitrogen and oxygen atoms in total. The van der Waals surface area contributed by atoms with Gasteiger partial charge in [0.2, 0.25) is 11.9 Å². The predicted molar refractivity (Wildman–Crippen MR) is 158 cm³/mol. The van der Waals surface area contributed by atoms with Crippen LogP contribution in [0.4, 0.5) is 23.0 Å². The maximum atomic E-state index is 13.1. The topological polar surface area (TPSA) is 126 Å². The fraction of sp³-hybridized carbons (Fsp3) is 0.226. The average Bonchev–Trinajstić information content (AvgIpc) is 2.94. The molecule has 0 radical (unpaired) electrons. The highest BCUT2D eigenvalue weighted by atomic mass is 16.5. The Hall–Kier alpha value is -5.12. The number of hydrogen-bond acceptors (Lipinski definition) is 8. The lowest BCUT2D eigenvalue weighted by Gasteiger charge is -2.26. The van der Waals surface area contributed by atoms with E-state index in [0.717, 1.165) is 11.1 Å². The Morgan fingerprint density at radius 3 is 2.41 bits per heavy atom. The van der Waals surface area contributed by atoms with E-state index >= 15 is 0 Å². The van der Waals surface area contributed by atoms with Crippen LogP contribution in [0.1, 0.15) is 43.6 Å². The summed E-state index contributed by atoms with van der Waals surface area (Å²) in [4.78, 5) is 52.3. The zero-order chi connectivity index (χ0) is 29.6. The monoisotopic (exact) mass is 552 g/mol. The number of carbonyl (C=O) groups is 3. The predicted octanol–water partition coefficient (Wildman–Crippen LogP) is 5.74. The van der Waals surface area contributed by atoms with Crippen molar-refractivity contribution >= 4 is 40.8 Å². The summed E-state index contributed by atoms with van der Waals surface area (Å²) in [6.07, 6.45) is 5.02. The van der Waals surface area contributed by atoms with Gasteiger partial charge in [-0.3, -0.25) is 24.3 Å². The van der Waals surface area contributed by atoms with Gasteiger partial charge in [-0.25, -0.2) is 9.97 Å². The summed E-state index contributed by atoms with van der Waals surface area (Å²) in [7, 11) is 0. The number of nitrogens with one attached hydrogen (secondary N) is 2. The van der Waals surface area contributed by atoms with Gasteiger partial charge in [0.05, 0.1) is 16.8 Å². The molecule has 0 aliphatic carbocycles. The summed E-state index contributed by atoms with van der Waals surface area (Å²) in [6.45, 7) is 8.50. The third-order valence-electron chi connectivity index (χ3n) is 5.98. The molecule has 0 aliphatic heterocycles. The van der Waals surface area contributed by atoms with Gasteiger partial charge in [-0.05, 0) is 81.8 Å². The van der Waals surface area contributed by atoms with Gasteiger partial charge >= 0.3 is 5.97 Å². The first-order chi connectivity index (χ1) is 19.5. The molecule has 2 amide bonds. The highest BCUT2D eigenvalue weighted by Gasteiger charge is 2.25. The van der Waals surface area contributed by atoms with Crippen LogP contribution in [-0.4, -0.2) is 39.5 Å². The quantitative estimate of drug-likeness (QED) is 0.209. The van der Waals surface area contributed by atoms with Gasteiger partial charge in [-0.2, -0.15) is 0 Å². The molecule has 0 fully saturated rings. The number of aromatic nitrogens is 3. The Morgan fingerprint density at radius 1 is 0.927 bits per heavy atom. The van der Waals surface area contributed by atoms with Crippen LogP contribution < -0.4 is 15.5 Å². The second-order valence-corrected chi connectivity index (χ2v) is 10.4. The number of pyridine rings is 1. The number of benzene rings is 2. The molecule has 0 spiro atoms. The van der Waals surface area contributed by atoms with E-state index in [1.807, 2.05) is 25.1 Å². The van der Waals surface area contributed by atoms with Crippen LogP contribution in [0.25, 0.3) is 11.3 Å². The van der Waals surface area contributed by atoms with Gasteiger partial charge in [-0.15, -0.1) is 0 Å². The standard InChI is InChI=1S/C31H32N6O4/c1-20-11-12-25(35-28(39)22-8-6-10-24(16-22)34-21(2)38)17-27(20)37(19-41-29(40)31(3,4)5)30-33-15-13-26(36-30)23-9-7-14-32-18-23/h6-18H,19H2,1-5H3,(H,34,38)(H,35,39). The van der Waals surface area contributed by atoms with Crippen molar-refractivity contribution in [2.75, 3.05) is 22.3 Å². The number of carbonyl (C=O) groups excluding carboxylic acids is 3. The van der Waals surface area contributed by atoms with Crippen LogP contribution in [-0.2, 0) is 14.3 Å². The number of nitrogens with zero attached hydrogens (tertiary/aromatic N) is 4. The zero-order valence-corrected chi connectivity index (χ0v) is 23.6. The van der Waals surface area contributed by atoms with Gasteiger partial charge in [0.25, 0.3) is 5.91 Å². The van der Waals surface area contributed by atoms with Crippen molar-refractivity contribution in [1.82, 2.24) is 15.0 Å². The number of aryl methyl sites for hydroxylation is 1. The minimum Gasteiger partial charge on any atom is -0.443 e. The molecule has 0 saturated carbocycles. The molecule has 0 atom stereocenters. The van der Waals surface area contributed by atoms with E-state index in [2.05, 4.69) is 20.6 Å². The number of hydrogen-bond donors (Lipinski definition) is 2. The van der Waals surface area contributed by atoms with Gasteiger partial charge in [0.15, 0.2) is 6.73 Å². The Kier molecular flexibility index (Phi) is 8.72. The minimum atomic E-state index is -0.708. The molecule has 10 heteroatoms. The Balaban J connectivity index is 1.68. The van der Waals surface area contributed by atoms with Gasteiger partial charge in [0.1, 0.15) is 0 Å². The molecule has 0 unspecified atom stereocenters. The Morgan fingerprint density at radius 2 is 1.71 bits per heavy atom. The van der Waals surface area contributed by atoms with Crippen molar-refractivity contribution in [3.63, 3.8) is 0 Å². The largest absolute Gasteiger partial charge is 0.443 e. The third kappa shape index (κ3) is 7.51. The fourth-order valence-corrected chi connectivity index (χ4v) is 3.85. The average molecular weight is 553 g/mol. The summed E-state index contributed by atoms with van der Waals surface area (Å²) in [5.41, 5.74) is 3.64. The van der Waals surface area contributed by atoms with E-state index in [1.54, 1.807) is 86.7 Å². The van der Waals surface area contributed by atoms with Crippen LogP contribution in [0, 0.1) is 12.3 Å². The minimum absolute atomic E-state index is 0.149. The third-order valence-corrected chi connectivity index (χ3v) is 5.98. The van der Waals surface area contributed by atoms with Crippen molar-refractivity contribution in [3.05, 3.63) is 90.4 Å². The molecular weight excluding hydrogens is 520 g/mol. The summed E-state index contributed by atoms with van der Waals surface area (Å²) in [6, 6.07) is 17.6. The molecule has 0 bridgehead atoms. The van der Waals surface area contributed by atoms with Crippen LogP contribution >= 0.6 is 0 Å². The second-order valence-electron chi connectivity index (χ2n) is 10.4. The summed E-state index contributed by atoms with van der Waals surface area (Å²) < 4.78 is 5.69. The number of rotatable bonds is 8. The molecule has 0 aliphatic rings. The highest BCUT2D eigenvalue weighted by molar-refractivity contribution is 6.05. The molecule has 2 aromatic heterocycles. The molecule has 4 aromatic rings. The zero-order valence-electron chi connectivity index (χ0n) is 23.6. The maximum Gasteiger partial charge on any atom is 0.312 e. The van der Waals surface area contributed by atoms with Crippen LogP contribution in [0.15, 0.2) is 79.3 Å². The normalized spacial score (nSPS) is 11.0. The molecule has 210 valence electrons. The lowest BCUT2D eigenvalue weighted by molar-refractivity contribution is -0.152. The van der Waals surface area contributed by atoms with Crippen molar-refractivity contribution < 1.29 is 19.1 Å². The van der Waals surface area contributed by atoms with E-state index in [0.29, 0.717) is 34.3 Å². The fourth-order valence-electron chi connectivity index (χ4n) is 3.85. The summed E-state index contributed by atoms with van der Waals surface area (Å²) in [5, 5.41) is 5.58. The molecular formula is C31H32N6O4. The number of anilines is 4. The lowest BCUT2D eigenvalue weighted by Crippen LogP contribution is -2.30. The smallest absolute Gasteiger partial charge is 0.312 e. The first-order valence-corrected chi connectivity index (χ1v) is 13.0. The Labute approximate surface area is 238 Å². The summed E-state index contributed by atoms with van der Waals surface area (Å²) in [5.74, 6) is -0.657. The second kappa shape index (κ2) is 12.4. The highest BCUT2D eigenvalue weighted by Crippen LogP contribution is 2.31. The van der Waals surface area contributed by atoms with E-state index in [1.165, 1.54) is 6.92 Å². The Bertz CT molecular complexity index is 1570. The van der Waals surface area contributed by atoms with Crippen molar-refractivity contribution in [3.8, 4) is 11.3 Å². The van der Waals surface area contributed by atoms with Gasteiger partial charge < -0.3 is 15.4 Å². The number of esters is 1. The summed E-state index contributed by atoms with van der Waals surface area (Å²) >= 11 is 0. The molecule has 0 saturated heterocycles. The molecule has 2 N–H and O–H groups in total. The molecule has 41 heavy (non-hydrogen) atoms. The maximum absolute atomic E-state index is 13.1. The first kappa shape index (κ1) is 28.9. The van der Waals surface area contributed by atoms with E-state index in [-0.39, 0.29) is 24.5 Å². The van der Waals surface area contributed by atoms with Crippen molar-refractivity contribution in [2.45, 2.75) is 34.6 Å². The number of amides is 2. The molecule has 2 aromatic carbocycles. The SMILES string of the molecule is CC(=O)Nc1cccc(C(=O)Nc2ccc(C)c(N(COC(=O)C(C)(C)C)c3nccc(-c4cccnc4)n3)c2)c1. The molecule has 2 heterocycles. The van der Waals surface area contributed by atoms with Crippen molar-refractivity contribution in [1.29, 1.82) is 0 Å².